The van der Waals surface area contributed by atoms with Gasteiger partial charge in [-0.15, -0.1) is 0 Å². The average molecular weight is 166 g/mol. The maximum Gasteiger partial charge on any atom is 0.368 e. The Morgan fingerprint density at radius 1 is 1.36 bits per heavy atom. The van der Waals surface area contributed by atoms with Crippen molar-refractivity contribution in [2.75, 3.05) is 0 Å². The summed E-state index contributed by atoms with van der Waals surface area (Å²) in [6, 6.07) is 5.34. The lowest BCUT2D eigenvalue weighted by atomic mass is 10.3. The molecule has 3 nitrogen and oxygen atoms in total. The number of carbonyl (C=O) groups is 1. The van der Waals surface area contributed by atoms with Crippen LogP contribution in [0.25, 0.3) is 0 Å². The van der Waals surface area contributed by atoms with Gasteiger partial charge in [0.25, 0.3) is 0 Å². The molecule has 0 aliphatic carbocycles. The summed E-state index contributed by atoms with van der Waals surface area (Å²) in [7, 11) is 0. The second-order valence-electron chi connectivity index (χ2n) is 2.06. The van der Waals surface area contributed by atoms with E-state index in [0.717, 1.165) is 0 Å². The van der Waals surface area contributed by atoms with E-state index in [1.165, 1.54) is 0 Å². The molecule has 2 rings (SSSR count). The Labute approximate surface area is 67.0 Å². The number of fused-ring (bicyclic) bond motifs is 1. The van der Waals surface area contributed by atoms with Crippen molar-refractivity contribution in [1.29, 1.82) is 0 Å². The largest absolute Gasteiger partial charge is 0.368 e. The summed E-state index contributed by atoms with van der Waals surface area (Å²) in [6.07, 6.45) is 0. The Morgan fingerprint density at radius 2 is 2.09 bits per heavy atom. The van der Waals surface area contributed by atoms with Gasteiger partial charge in [-0.1, -0.05) is 11.6 Å². The lowest BCUT2D eigenvalue weighted by Gasteiger charge is -1.81. The van der Waals surface area contributed by atoms with E-state index >= 15 is 0 Å². The van der Waals surface area contributed by atoms with Gasteiger partial charge in [0.2, 0.25) is 0 Å². The molecular weight excluding hydrogens is 164 g/mol. The average Bonchev–Trinajstić information content (AvgIpc) is 2.27. The third-order valence-corrected chi connectivity index (χ3v) is 1.52. The van der Waals surface area contributed by atoms with E-state index in [4.69, 9.17) is 11.6 Å². The van der Waals surface area contributed by atoms with Crippen molar-refractivity contribution in [3.8, 4) is 0 Å². The van der Waals surface area contributed by atoms with Gasteiger partial charge in [-0.2, -0.15) is 9.98 Å². The molecule has 1 aromatic carbocycles. The second-order valence-corrected chi connectivity index (χ2v) is 2.46. The van der Waals surface area contributed by atoms with Gasteiger partial charge in [0, 0.05) is 6.07 Å². The molecule has 2 amide bonds. The van der Waals surface area contributed by atoms with Crippen LogP contribution in [-0.4, -0.2) is 6.03 Å². The number of hydrogen-bond donors (Lipinski definition) is 0. The minimum Gasteiger partial charge on any atom is -0.244 e. The molecule has 0 aromatic heterocycles. The predicted molar refractivity (Wildman–Crippen MR) is 38.0 cm³/mol. The first-order chi connectivity index (χ1) is 5.25. The molecule has 0 unspecified atom stereocenters. The Hall–Kier alpha value is -1.22. The summed E-state index contributed by atoms with van der Waals surface area (Å²) in [5.74, 6) is 0. The number of urea groups is 1. The number of nitrogens with zero attached hydrogens (tertiary/aromatic N) is 2. The summed E-state index contributed by atoms with van der Waals surface area (Å²) < 4.78 is 0. The highest BCUT2D eigenvalue weighted by Crippen LogP contribution is 1.99. The van der Waals surface area contributed by atoms with Crippen molar-refractivity contribution in [2.24, 2.45) is 9.98 Å². The molecule has 1 aromatic rings. The third kappa shape index (κ3) is 1.03. The number of benzene rings is 1. The lowest BCUT2D eigenvalue weighted by molar-refractivity contribution is 0.256. The van der Waals surface area contributed by atoms with Crippen LogP contribution in [0.4, 0.5) is 4.79 Å². The van der Waals surface area contributed by atoms with Gasteiger partial charge in [0.05, 0.1) is 15.7 Å². The van der Waals surface area contributed by atoms with Gasteiger partial charge >= 0.3 is 6.03 Å². The van der Waals surface area contributed by atoms with Crippen molar-refractivity contribution >= 4 is 17.6 Å². The van der Waals surface area contributed by atoms with Crippen LogP contribution in [0.5, 0.6) is 0 Å². The van der Waals surface area contributed by atoms with Crippen LogP contribution in [0.1, 0.15) is 0 Å². The van der Waals surface area contributed by atoms with Gasteiger partial charge in [0.15, 0.2) is 0 Å². The molecule has 1 radical (unpaired) electrons. The maximum absolute atomic E-state index is 10.6. The van der Waals surface area contributed by atoms with Gasteiger partial charge in [-0.05, 0) is 12.1 Å². The first kappa shape index (κ1) is 6.49. The zero-order valence-corrected chi connectivity index (χ0v) is 6.09. The van der Waals surface area contributed by atoms with Gasteiger partial charge in [0.1, 0.15) is 0 Å². The minimum atomic E-state index is -0.476. The number of hydrogen-bond acceptors (Lipinski definition) is 1. The van der Waals surface area contributed by atoms with Crippen molar-refractivity contribution < 1.29 is 4.79 Å². The Kier molecular flexibility index (Phi) is 1.26. The van der Waals surface area contributed by atoms with E-state index in [-0.39, 0.29) is 0 Å². The van der Waals surface area contributed by atoms with Crippen molar-refractivity contribution in [3.63, 3.8) is 0 Å². The summed E-state index contributed by atoms with van der Waals surface area (Å²) in [4.78, 5) is 17.8. The Morgan fingerprint density at radius 3 is 2.91 bits per heavy atom. The third-order valence-electron chi connectivity index (χ3n) is 1.30. The molecule has 1 aliphatic heterocycles. The minimum absolute atomic E-state index is 0.442. The van der Waals surface area contributed by atoms with Crippen LogP contribution >= 0.6 is 11.6 Å². The number of carbonyl (C=O) groups excluding carboxylic acids is 1. The van der Waals surface area contributed by atoms with Crippen LogP contribution in [0, 0.1) is 6.07 Å². The maximum atomic E-state index is 10.6. The summed E-state index contributed by atoms with van der Waals surface area (Å²) >= 11 is 5.60. The standard InChI is InChI=1S/C7H2ClN2O/c8-4-1-2-5-6(3-4)10-7(11)9-5/h2-3H. The van der Waals surface area contributed by atoms with Crippen molar-refractivity contribution in [3.05, 3.63) is 33.9 Å². The Bertz CT molecular complexity index is 438. The van der Waals surface area contributed by atoms with E-state index in [0.29, 0.717) is 15.7 Å². The van der Waals surface area contributed by atoms with E-state index < -0.39 is 6.03 Å². The molecule has 0 atom stereocenters. The smallest absolute Gasteiger partial charge is 0.244 e. The Balaban J connectivity index is 2.89. The van der Waals surface area contributed by atoms with Crippen LogP contribution < -0.4 is 10.7 Å². The molecule has 0 bridgehead atoms. The molecule has 1 aliphatic rings. The van der Waals surface area contributed by atoms with Crippen molar-refractivity contribution in [2.45, 2.75) is 0 Å². The molecular formula is C7H2ClN2O. The molecule has 53 valence electrons. The monoisotopic (exact) mass is 165 g/mol. The van der Waals surface area contributed by atoms with Gasteiger partial charge in [-0.25, -0.2) is 4.79 Å². The fourth-order valence-electron chi connectivity index (χ4n) is 0.857. The topological polar surface area (TPSA) is 41.8 Å². The molecule has 0 saturated carbocycles. The normalized spacial score (nSPS) is 13.7. The van der Waals surface area contributed by atoms with E-state index in [1.54, 1.807) is 12.1 Å². The van der Waals surface area contributed by atoms with Crippen LogP contribution in [0.15, 0.2) is 22.1 Å². The summed E-state index contributed by atoms with van der Waals surface area (Å²) in [5, 5.41) is 1.51. The van der Waals surface area contributed by atoms with Crippen LogP contribution in [-0.2, 0) is 0 Å². The highest BCUT2D eigenvalue weighted by atomic mass is 35.5. The molecule has 4 heteroatoms. The van der Waals surface area contributed by atoms with Gasteiger partial charge < -0.3 is 0 Å². The molecule has 1 heterocycles. The fourth-order valence-corrected chi connectivity index (χ4v) is 1.01. The predicted octanol–water partition coefficient (Wildman–Crippen LogP) is 0.513. The highest BCUT2D eigenvalue weighted by molar-refractivity contribution is 6.30. The summed E-state index contributed by atoms with van der Waals surface area (Å²) in [6.45, 7) is 0. The van der Waals surface area contributed by atoms with Crippen LogP contribution in [0.3, 0.4) is 0 Å². The molecule has 0 saturated heterocycles. The zero-order valence-electron chi connectivity index (χ0n) is 5.34. The van der Waals surface area contributed by atoms with E-state index in [2.05, 4.69) is 16.1 Å². The number of rotatable bonds is 0. The van der Waals surface area contributed by atoms with E-state index in [9.17, 15) is 4.79 Å². The molecule has 0 N–H and O–H groups in total. The highest BCUT2D eigenvalue weighted by Gasteiger charge is 2.03. The van der Waals surface area contributed by atoms with Gasteiger partial charge in [-0.3, -0.25) is 0 Å². The summed E-state index contributed by atoms with van der Waals surface area (Å²) in [5.41, 5.74) is 0. The SMILES string of the molecule is O=C1N=c2c[c]c(Cl)cc2=N1. The first-order valence-corrected chi connectivity index (χ1v) is 3.32. The molecule has 0 spiro atoms. The van der Waals surface area contributed by atoms with Crippen LogP contribution in [0.2, 0.25) is 5.02 Å². The second kappa shape index (κ2) is 2.13. The quantitative estimate of drug-likeness (QED) is 0.553. The lowest BCUT2D eigenvalue weighted by Crippen LogP contribution is -2.20. The fraction of sp³-hybridized carbons (Fsp3) is 0. The number of amides is 2. The van der Waals surface area contributed by atoms with E-state index in [1.807, 2.05) is 0 Å². The van der Waals surface area contributed by atoms with Crippen molar-refractivity contribution in [1.82, 2.24) is 0 Å². The number of halogens is 1. The first-order valence-electron chi connectivity index (χ1n) is 2.94. The molecule has 11 heavy (non-hydrogen) atoms. The zero-order chi connectivity index (χ0) is 7.84. The molecule has 0 fully saturated rings.